The molecule has 184 valence electrons. The Kier molecular flexibility index (Phi) is 6.39. The van der Waals surface area contributed by atoms with Crippen molar-refractivity contribution >= 4 is 46.4 Å². The third-order valence-corrected chi connectivity index (χ3v) is 6.50. The van der Waals surface area contributed by atoms with Gasteiger partial charge in [-0.2, -0.15) is 0 Å². The molecule has 1 N–H and O–H groups in total. The number of imide groups is 2. The molecule has 1 aromatic heterocycles. The van der Waals surface area contributed by atoms with Crippen LogP contribution in [0.15, 0.2) is 60.3 Å². The number of benzene rings is 2. The first-order chi connectivity index (χ1) is 17.5. The molecule has 0 bridgehead atoms. The van der Waals surface area contributed by atoms with E-state index in [1.54, 1.807) is 23.2 Å². The molecular formula is C27H26N4O5. The molecule has 0 radical (unpaired) electrons. The molecule has 9 nitrogen and oxygen atoms in total. The molecule has 3 aromatic rings. The van der Waals surface area contributed by atoms with E-state index in [0.717, 1.165) is 21.4 Å². The topological polar surface area (TPSA) is 101 Å². The van der Waals surface area contributed by atoms with Gasteiger partial charge in [-0.15, -0.1) is 0 Å². The first kappa shape index (κ1) is 23.5. The van der Waals surface area contributed by atoms with Gasteiger partial charge in [-0.3, -0.25) is 19.7 Å². The van der Waals surface area contributed by atoms with Gasteiger partial charge in [-0.1, -0.05) is 43.3 Å². The summed E-state index contributed by atoms with van der Waals surface area (Å²) in [5, 5.41) is 3.08. The number of rotatable bonds is 5. The van der Waals surface area contributed by atoms with Crippen molar-refractivity contribution in [3.05, 3.63) is 71.4 Å². The van der Waals surface area contributed by atoms with Gasteiger partial charge >= 0.3 is 6.03 Å². The van der Waals surface area contributed by atoms with E-state index in [4.69, 9.17) is 4.74 Å². The Morgan fingerprint density at radius 3 is 2.53 bits per heavy atom. The monoisotopic (exact) mass is 486 g/mol. The van der Waals surface area contributed by atoms with E-state index in [2.05, 4.69) is 5.32 Å². The fourth-order valence-electron chi connectivity index (χ4n) is 4.64. The van der Waals surface area contributed by atoms with Gasteiger partial charge in [0.2, 0.25) is 5.91 Å². The number of amides is 5. The maximum Gasteiger partial charge on any atom is 0.335 e. The van der Waals surface area contributed by atoms with Gasteiger partial charge in [0.25, 0.3) is 11.8 Å². The van der Waals surface area contributed by atoms with Gasteiger partial charge < -0.3 is 14.2 Å². The number of aryl methyl sites for hydroxylation is 1. The van der Waals surface area contributed by atoms with Crippen LogP contribution in [0.25, 0.3) is 17.0 Å². The Morgan fingerprint density at radius 1 is 1.03 bits per heavy atom. The Balaban J connectivity index is 1.52. The second-order valence-corrected chi connectivity index (χ2v) is 8.66. The van der Waals surface area contributed by atoms with Crippen LogP contribution in [-0.4, -0.2) is 59.5 Å². The number of hydrogen-bond acceptors (Lipinski definition) is 5. The highest BCUT2D eigenvalue weighted by molar-refractivity contribution is 6.39. The van der Waals surface area contributed by atoms with Crippen LogP contribution in [0.5, 0.6) is 0 Å². The van der Waals surface area contributed by atoms with Crippen LogP contribution in [0.3, 0.4) is 0 Å². The van der Waals surface area contributed by atoms with E-state index in [1.807, 2.05) is 47.9 Å². The number of fused-ring (bicyclic) bond motifs is 1. The maximum absolute atomic E-state index is 13.4. The molecular weight excluding hydrogens is 460 g/mol. The van der Waals surface area contributed by atoms with E-state index in [9.17, 15) is 19.2 Å². The van der Waals surface area contributed by atoms with E-state index in [0.29, 0.717) is 44.0 Å². The second-order valence-electron chi connectivity index (χ2n) is 8.66. The van der Waals surface area contributed by atoms with Gasteiger partial charge in [-0.05, 0) is 30.2 Å². The molecule has 0 saturated carbocycles. The second kappa shape index (κ2) is 9.79. The van der Waals surface area contributed by atoms with Crippen molar-refractivity contribution in [3.8, 4) is 0 Å². The average Bonchev–Trinajstić information content (AvgIpc) is 3.24. The van der Waals surface area contributed by atoms with Crippen LogP contribution >= 0.6 is 0 Å². The minimum absolute atomic E-state index is 0.0299. The number of nitrogens with one attached hydrogen (secondary N) is 1. The number of hydrogen-bond donors (Lipinski definition) is 1. The summed E-state index contributed by atoms with van der Waals surface area (Å²) in [6.07, 6.45) is 3.87. The van der Waals surface area contributed by atoms with Gasteiger partial charge in [0.05, 0.1) is 18.9 Å². The molecule has 36 heavy (non-hydrogen) atoms. The van der Waals surface area contributed by atoms with Crippen molar-refractivity contribution in [2.75, 3.05) is 31.2 Å². The molecule has 2 fully saturated rings. The van der Waals surface area contributed by atoms with Crippen LogP contribution in [0, 0.1) is 0 Å². The summed E-state index contributed by atoms with van der Waals surface area (Å²) in [6.45, 7) is 4.18. The van der Waals surface area contributed by atoms with E-state index in [-0.39, 0.29) is 18.0 Å². The normalized spacial score (nSPS) is 17.7. The summed E-state index contributed by atoms with van der Waals surface area (Å²) in [5.74, 6) is -1.47. The molecule has 0 atom stereocenters. The van der Waals surface area contributed by atoms with Crippen LogP contribution in [0.1, 0.15) is 18.1 Å². The highest BCUT2D eigenvalue weighted by atomic mass is 16.5. The summed E-state index contributed by atoms with van der Waals surface area (Å²) in [7, 11) is 0. The first-order valence-corrected chi connectivity index (χ1v) is 11.9. The molecule has 9 heteroatoms. The predicted octanol–water partition coefficient (Wildman–Crippen LogP) is 2.73. The highest BCUT2D eigenvalue weighted by Crippen LogP contribution is 2.28. The van der Waals surface area contributed by atoms with Crippen molar-refractivity contribution < 1.29 is 23.9 Å². The van der Waals surface area contributed by atoms with E-state index < -0.39 is 17.8 Å². The molecule has 2 saturated heterocycles. The van der Waals surface area contributed by atoms with E-state index in [1.165, 1.54) is 6.08 Å². The minimum Gasteiger partial charge on any atom is -0.378 e. The SMILES string of the molecule is CCc1ccccc1N1C(=O)NC(=O)/C(=C/c2cn(CC(=O)N3CCOCC3)c3ccccc23)C1=O. The Morgan fingerprint density at radius 2 is 1.75 bits per heavy atom. The van der Waals surface area contributed by atoms with Crippen LogP contribution in [-0.2, 0) is 32.1 Å². The predicted molar refractivity (Wildman–Crippen MR) is 134 cm³/mol. The number of para-hydroxylation sites is 2. The fraction of sp³-hybridized carbons (Fsp3) is 0.259. The molecule has 5 amide bonds. The van der Waals surface area contributed by atoms with Crippen LogP contribution in [0.4, 0.5) is 10.5 Å². The van der Waals surface area contributed by atoms with E-state index >= 15 is 0 Å². The Bertz CT molecular complexity index is 1400. The quantitative estimate of drug-likeness (QED) is 0.442. The minimum atomic E-state index is -0.776. The number of aromatic nitrogens is 1. The number of urea groups is 1. The zero-order valence-electron chi connectivity index (χ0n) is 19.9. The summed E-state index contributed by atoms with van der Waals surface area (Å²) >= 11 is 0. The van der Waals surface area contributed by atoms with Crippen molar-refractivity contribution in [1.29, 1.82) is 0 Å². The lowest BCUT2D eigenvalue weighted by atomic mass is 10.0. The average molecular weight is 487 g/mol. The summed E-state index contributed by atoms with van der Waals surface area (Å²) in [4.78, 5) is 54.5. The third-order valence-electron chi connectivity index (χ3n) is 6.50. The van der Waals surface area contributed by atoms with Crippen molar-refractivity contribution in [1.82, 2.24) is 14.8 Å². The number of carbonyl (C=O) groups excluding carboxylic acids is 4. The summed E-state index contributed by atoms with van der Waals surface area (Å²) in [6, 6.07) is 13.8. The van der Waals surface area contributed by atoms with Crippen molar-refractivity contribution in [2.45, 2.75) is 19.9 Å². The molecule has 2 aliphatic heterocycles. The number of anilines is 1. The molecule has 2 aliphatic rings. The third kappa shape index (κ3) is 4.29. The summed E-state index contributed by atoms with van der Waals surface area (Å²) in [5.41, 5.74) is 2.52. The lowest BCUT2D eigenvalue weighted by Gasteiger charge is -2.27. The highest BCUT2D eigenvalue weighted by Gasteiger charge is 2.37. The number of carbonyl (C=O) groups is 4. The number of ether oxygens (including phenoxy) is 1. The number of morpholine rings is 1. The van der Waals surface area contributed by atoms with Crippen LogP contribution < -0.4 is 10.2 Å². The number of nitrogens with zero attached hydrogens (tertiary/aromatic N) is 3. The number of barbiturate groups is 1. The smallest absolute Gasteiger partial charge is 0.335 e. The maximum atomic E-state index is 13.4. The largest absolute Gasteiger partial charge is 0.378 e. The Labute approximate surface area is 207 Å². The zero-order chi connectivity index (χ0) is 25.2. The lowest BCUT2D eigenvalue weighted by Crippen LogP contribution is -2.54. The molecule has 5 rings (SSSR count). The van der Waals surface area contributed by atoms with Gasteiger partial charge in [0.15, 0.2) is 0 Å². The summed E-state index contributed by atoms with van der Waals surface area (Å²) < 4.78 is 7.16. The van der Waals surface area contributed by atoms with Gasteiger partial charge in [0.1, 0.15) is 12.1 Å². The molecule has 2 aromatic carbocycles. The standard InChI is InChI=1S/C27H26N4O5/c1-2-18-7-3-5-9-22(18)31-26(34)21(25(33)28-27(31)35)15-19-16-30(23-10-6-4-8-20(19)23)17-24(32)29-11-13-36-14-12-29/h3-10,15-16H,2,11-14,17H2,1H3,(H,28,33,35)/b21-15-. The molecule has 3 heterocycles. The van der Waals surface area contributed by atoms with Crippen molar-refractivity contribution in [2.24, 2.45) is 0 Å². The molecule has 0 aliphatic carbocycles. The van der Waals surface area contributed by atoms with Gasteiger partial charge in [0, 0.05) is 35.8 Å². The van der Waals surface area contributed by atoms with Gasteiger partial charge in [-0.25, -0.2) is 9.69 Å². The lowest BCUT2D eigenvalue weighted by molar-refractivity contribution is -0.135. The van der Waals surface area contributed by atoms with Crippen LogP contribution in [0.2, 0.25) is 0 Å². The fourth-order valence-corrected chi connectivity index (χ4v) is 4.64. The Hall–Kier alpha value is -4.24. The molecule has 0 unspecified atom stereocenters. The van der Waals surface area contributed by atoms with Crippen molar-refractivity contribution in [3.63, 3.8) is 0 Å². The first-order valence-electron chi connectivity index (χ1n) is 11.9. The zero-order valence-corrected chi connectivity index (χ0v) is 19.9. The molecule has 0 spiro atoms.